The highest BCUT2D eigenvalue weighted by Crippen LogP contribution is 2.36. The molecule has 10 nitrogen and oxygen atoms in total. The molecule has 3 aliphatic rings. The van der Waals surface area contributed by atoms with Gasteiger partial charge >= 0.3 is 18.2 Å². The van der Waals surface area contributed by atoms with Crippen LogP contribution in [0.3, 0.4) is 0 Å². The molecule has 1 saturated carbocycles. The second-order valence-electron chi connectivity index (χ2n) is 10.8. The average Bonchev–Trinajstić information content (AvgIpc) is 3.55. The number of allylic oxidation sites excluding steroid dienone is 2. The molecule has 5 rings (SSSR count). The average molecular weight is 657 g/mol. The molecule has 0 saturated heterocycles. The number of alkyl halides is 3. The quantitative estimate of drug-likeness (QED) is 0.147. The first-order valence-electron chi connectivity index (χ1n) is 14.7. The molecular weight excluding hydrogens is 624 g/mol. The van der Waals surface area contributed by atoms with Gasteiger partial charge in [0.1, 0.15) is 29.9 Å². The number of halogens is 4. The van der Waals surface area contributed by atoms with Crippen molar-refractivity contribution in [2.75, 3.05) is 24.4 Å². The Hall–Kier alpha value is -5.27. The first-order valence-corrected chi connectivity index (χ1v) is 14.7. The Morgan fingerprint density at radius 2 is 1.77 bits per heavy atom. The van der Waals surface area contributed by atoms with Crippen molar-refractivity contribution >= 4 is 29.6 Å². The number of nitrogens with one attached hydrogen (secondary N) is 2. The van der Waals surface area contributed by atoms with E-state index in [-0.39, 0.29) is 35.5 Å². The van der Waals surface area contributed by atoms with Gasteiger partial charge in [-0.25, -0.2) is 14.0 Å². The summed E-state index contributed by atoms with van der Waals surface area (Å²) in [6, 6.07) is 6.46. The molecule has 0 aromatic heterocycles. The first-order chi connectivity index (χ1) is 22.5. The minimum absolute atomic E-state index is 0.000549. The molecule has 248 valence electrons. The van der Waals surface area contributed by atoms with Crippen molar-refractivity contribution in [1.29, 1.82) is 0 Å². The van der Waals surface area contributed by atoms with Gasteiger partial charge in [0.2, 0.25) is 0 Å². The molecule has 2 aliphatic carbocycles. The monoisotopic (exact) mass is 656 g/mol. The van der Waals surface area contributed by atoms with E-state index in [0.717, 1.165) is 56.0 Å². The molecule has 47 heavy (non-hydrogen) atoms. The lowest BCUT2D eigenvalue weighted by molar-refractivity contribution is -0.144. The Kier molecular flexibility index (Phi) is 10.2. The van der Waals surface area contributed by atoms with E-state index in [1.54, 1.807) is 12.2 Å². The van der Waals surface area contributed by atoms with Crippen LogP contribution >= 0.6 is 0 Å². The summed E-state index contributed by atoms with van der Waals surface area (Å²) in [6.07, 6.45) is 5.63. The van der Waals surface area contributed by atoms with Gasteiger partial charge in [0.05, 0.1) is 18.7 Å². The predicted octanol–water partition coefficient (Wildman–Crippen LogP) is 6.74. The number of carbonyl (C=O) groups is 2. The molecule has 2 aromatic carbocycles. The predicted molar refractivity (Wildman–Crippen MR) is 165 cm³/mol. The topological polar surface area (TPSA) is 134 Å². The van der Waals surface area contributed by atoms with Crippen molar-refractivity contribution in [2.45, 2.75) is 50.4 Å². The van der Waals surface area contributed by atoms with Crippen LogP contribution in [-0.2, 0) is 25.2 Å². The molecule has 0 bridgehead atoms. The van der Waals surface area contributed by atoms with Crippen LogP contribution in [0.25, 0.3) is 0 Å². The van der Waals surface area contributed by atoms with E-state index >= 15 is 4.39 Å². The molecule has 0 radical (unpaired) electrons. The van der Waals surface area contributed by atoms with Crippen LogP contribution in [-0.4, -0.2) is 44.1 Å². The summed E-state index contributed by atoms with van der Waals surface area (Å²) in [5.74, 6) is -0.303. The van der Waals surface area contributed by atoms with E-state index in [2.05, 4.69) is 15.6 Å². The lowest BCUT2D eigenvalue weighted by Crippen LogP contribution is -2.23. The van der Waals surface area contributed by atoms with E-state index in [4.69, 9.17) is 24.7 Å². The zero-order valence-electron chi connectivity index (χ0n) is 25.2. The second kappa shape index (κ2) is 14.4. The Balaban J connectivity index is 1.19. The SMILES string of the molecule is COC1=C(OC/C=C(/N)C(=O)OC2CCCC2)CC2N=CC=C(Oc3ccc(NC(=O)Nc4ccc(C(F)(F)F)cc4)cc3F)C2=C1. The molecular formula is C33H32F4N4O6. The maximum absolute atomic E-state index is 15.1. The number of fused-ring (bicyclic) bond motifs is 1. The van der Waals surface area contributed by atoms with Crippen LogP contribution in [0.4, 0.5) is 33.7 Å². The fourth-order valence-electron chi connectivity index (χ4n) is 5.14. The molecule has 0 spiro atoms. The number of ether oxygens (including phenoxy) is 4. The van der Waals surface area contributed by atoms with Gasteiger partial charge in [0.15, 0.2) is 17.3 Å². The van der Waals surface area contributed by atoms with Crippen LogP contribution in [0.2, 0.25) is 0 Å². The van der Waals surface area contributed by atoms with Crippen molar-refractivity contribution < 1.29 is 46.1 Å². The van der Waals surface area contributed by atoms with Gasteiger partial charge in [-0.15, -0.1) is 0 Å². The van der Waals surface area contributed by atoms with Gasteiger partial charge in [0, 0.05) is 35.6 Å². The van der Waals surface area contributed by atoms with Crippen molar-refractivity contribution in [1.82, 2.24) is 0 Å². The molecule has 4 N–H and O–H groups in total. The van der Waals surface area contributed by atoms with E-state index in [1.807, 2.05) is 0 Å². The van der Waals surface area contributed by atoms with Crippen LogP contribution in [0, 0.1) is 5.82 Å². The number of carbonyl (C=O) groups excluding carboxylic acids is 2. The normalized spacial score (nSPS) is 18.1. The van der Waals surface area contributed by atoms with Crippen LogP contribution < -0.4 is 21.1 Å². The number of methoxy groups -OCH3 is 1. The maximum atomic E-state index is 15.1. The number of rotatable bonds is 10. The lowest BCUT2D eigenvalue weighted by Gasteiger charge is -2.27. The highest BCUT2D eigenvalue weighted by Gasteiger charge is 2.31. The molecule has 2 amide bonds. The molecule has 1 unspecified atom stereocenters. The third-order valence-corrected chi connectivity index (χ3v) is 7.55. The Bertz CT molecular complexity index is 1660. The van der Waals surface area contributed by atoms with Gasteiger partial charge in [0.25, 0.3) is 0 Å². The van der Waals surface area contributed by atoms with Crippen LogP contribution in [0.15, 0.2) is 94.2 Å². The Morgan fingerprint density at radius 3 is 2.45 bits per heavy atom. The second-order valence-corrected chi connectivity index (χ2v) is 10.8. The summed E-state index contributed by atoms with van der Waals surface area (Å²) in [7, 11) is 1.47. The molecule has 1 heterocycles. The van der Waals surface area contributed by atoms with Crippen molar-refractivity contribution in [3.8, 4) is 5.75 Å². The number of nitrogens with two attached hydrogens (primary N) is 1. The smallest absolute Gasteiger partial charge is 0.416 e. The number of hydrogen-bond donors (Lipinski definition) is 3. The largest absolute Gasteiger partial charge is 0.493 e. The van der Waals surface area contributed by atoms with E-state index in [1.165, 1.54) is 31.5 Å². The number of hydrogen-bond acceptors (Lipinski definition) is 8. The Labute approximate surface area is 267 Å². The van der Waals surface area contributed by atoms with Crippen molar-refractivity contribution in [3.05, 3.63) is 101 Å². The summed E-state index contributed by atoms with van der Waals surface area (Å²) in [5, 5.41) is 4.82. The van der Waals surface area contributed by atoms with Crippen LogP contribution in [0.5, 0.6) is 5.75 Å². The highest BCUT2D eigenvalue weighted by atomic mass is 19.4. The van der Waals surface area contributed by atoms with Gasteiger partial charge in [-0.05, 0) is 80.3 Å². The summed E-state index contributed by atoms with van der Waals surface area (Å²) >= 11 is 0. The number of esters is 1. The maximum Gasteiger partial charge on any atom is 0.416 e. The highest BCUT2D eigenvalue weighted by molar-refractivity contribution is 5.99. The third kappa shape index (κ3) is 8.51. The van der Waals surface area contributed by atoms with Gasteiger partial charge in [-0.1, -0.05) is 0 Å². The van der Waals surface area contributed by atoms with E-state index < -0.39 is 35.6 Å². The van der Waals surface area contributed by atoms with E-state index in [9.17, 15) is 22.8 Å². The number of benzene rings is 2. The minimum Gasteiger partial charge on any atom is -0.493 e. The number of anilines is 2. The zero-order valence-corrected chi connectivity index (χ0v) is 25.2. The first kappa shape index (κ1) is 33.1. The number of urea groups is 1. The number of dihydropyridines is 1. The zero-order chi connectivity index (χ0) is 33.6. The fraction of sp³-hybridized carbons (Fsp3) is 0.303. The molecule has 1 aliphatic heterocycles. The fourth-order valence-corrected chi connectivity index (χ4v) is 5.14. The third-order valence-electron chi connectivity index (χ3n) is 7.55. The summed E-state index contributed by atoms with van der Waals surface area (Å²) < 4.78 is 76.0. The standard InChI is InChI=1S/C33H32F4N4O6/c1-44-29-17-23-26(18-30(29)45-15-13-25(38)31(42)46-22-4-2-3-5-22)39-14-12-27(23)47-28-11-10-21(16-24(28)34)41-32(43)40-20-8-6-19(7-9-20)33(35,36)37/h6-14,16-17,22,26H,2-5,15,18,38H2,1H3,(H2,40,41,43)/b25-13+. The summed E-state index contributed by atoms with van der Waals surface area (Å²) in [4.78, 5) is 29.0. The minimum atomic E-state index is -4.50. The molecule has 1 fully saturated rings. The van der Waals surface area contributed by atoms with Gasteiger partial charge in [-0.3, -0.25) is 4.99 Å². The number of nitrogens with zero attached hydrogens (tertiary/aromatic N) is 1. The number of amides is 2. The summed E-state index contributed by atoms with van der Waals surface area (Å²) in [5.41, 5.74) is 5.81. The van der Waals surface area contributed by atoms with Crippen LogP contribution in [0.1, 0.15) is 37.7 Å². The van der Waals surface area contributed by atoms with Crippen molar-refractivity contribution in [2.24, 2.45) is 10.7 Å². The van der Waals surface area contributed by atoms with Gasteiger partial charge in [-0.2, -0.15) is 13.2 Å². The Morgan fingerprint density at radius 1 is 1.06 bits per heavy atom. The molecule has 1 atom stereocenters. The van der Waals surface area contributed by atoms with Gasteiger partial charge < -0.3 is 35.3 Å². The lowest BCUT2D eigenvalue weighted by atomic mass is 9.93. The van der Waals surface area contributed by atoms with E-state index in [0.29, 0.717) is 29.3 Å². The van der Waals surface area contributed by atoms with Crippen molar-refractivity contribution in [3.63, 3.8) is 0 Å². The summed E-state index contributed by atoms with van der Waals surface area (Å²) in [6.45, 7) is 0.000549. The molecule has 2 aromatic rings. The number of aliphatic imine (C=N–C) groups is 1. The molecule has 14 heteroatoms.